The van der Waals surface area contributed by atoms with Crippen molar-refractivity contribution < 1.29 is 13.9 Å². The molecule has 1 aromatic heterocycles. The molecule has 0 saturated heterocycles. The first kappa shape index (κ1) is 20.6. The molecule has 2 aromatic rings. The number of benzene rings is 1. The minimum atomic E-state index is -0.599. The van der Waals surface area contributed by atoms with E-state index in [9.17, 15) is 4.79 Å². The second kappa shape index (κ2) is 10.5. The van der Waals surface area contributed by atoms with Crippen LogP contribution in [0.3, 0.4) is 0 Å². The zero-order valence-corrected chi connectivity index (χ0v) is 16.3. The van der Waals surface area contributed by atoms with Crippen LogP contribution < -0.4 is 21.1 Å². The molecule has 0 spiro atoms. The molecule has 0 aliphatic rings. The van der Waals surface area contributed by atoms with E-state index >= 15 is 0 Å². The van der Waals surface area contributed by atoms with Gasteiger partial charge in [0.2, 0.25) is 0 Å². The Morgan fingerprint density at radius 2 is 2.04 bits per heavy atom. The summed E-state index contributed by atoms with van der Waals surface area (Å²) >= 11 is 6.15. The van der Waals surface area contributed by atoms with Crippen LogP contribution in [0.15, 0.2) is 45.8 Å². The number of guanidine groups is 1. The molecule has 1 heterocycles. The Morgan fingerprint density at radius 3 is 2.67 bits per heavy atom. The van der Waals surface area contributed by atoms with E-state index in [0.29, 0.717) is 35.6 Å². The number of hydrogen-bond donors (Lipinski definition) is 3. The van der Waals surface area contributed by atoms with Crippen LogP contribution in [-0.4, -0.2) is 31.1 Å². The SMILES string of the molecule is CCNC(=NCc1ccc(C(N)=O)o1)NCC(CC)Oc1ccccc1Cl. The Morgan fingerprint density at radius 1 is 1.26 bits per heavy atom. The van der Waals surface area contributed by atoms with Crippen LogP contribution in [0.1, 0.15) is 36.6 Å². The van der Waals surface area contributed by atoms with Gasteiger partial charge >= 0.3 is 0 Å². The lowest BCUT2D eigenvalue weighted by molar-refractivity contribution is 0.0972. The summed E-state index contributed by atoms with van der Waals surface area (Å²) < 4.78 is 11.3. The molecular formula is C19H25ClN4O3. The molecule has 0 aliphatic carbocycles. The van der Waals surface area contributed by atoms with Gasteiger partial charge in [0, 0.05) is 6.54 Å². The molecule has 4 N–H and O–H groups in total. The second-order valence-corrected chi connectivity index (χ2v) is 6.19. The van der Waals surface area contributed by atoms with E-state index in [1.165, 1.54) is 6.07 Å². The molecule has 7 nitrogen and oxygen atoms in total. The molecule has 0 saturated carbocycles. The molecule has 0 bridgehead atoms. The van der Waals surface area contributed by atoms with Gasteiger partial charge in [-0.05, 0) is 37.6 Å². The lowest BCUT2D eigenvalue weighted by Crippen LogP contribution is -2.42. The first-order chi connectivity index (χ1) is 13.0. The van der Waals surface area contributed by atoms with E-state index in [4.69, 9.17) is 26.5 Å². The average molecular weight is 393 g/mol. The highest BCUT2D eigenvalue weighted by Gasteiger charge is 2.12. The summed E-state index contributed by atoms with van der Waals surface area (Å²) in [7, 11) is 0. The van der Waals surface area contributed by atoms with Crippen LogP contribution >= 0.6 is 11.6 Å². The molecule has 1 aromatic carbocycles. The number of amides is 1. The number of nitrogens with zero attached hydrogens (tertiary/aromatic N) is 1. The number of ether oxygens (including phenoxy) is 1. The number of aliphatic imine (C=N–C) groups is 1. The summed E-state index contributed by atoms with van der Waals surface area (Å²) in [6, 6.07) is 10.6. The van der Waals surface area contributed by atoms with Crippen molar-refractivity contribution >= 4 is 23.5 Å². The normalized spacial score (nSPS) is 12.5. The van der Waals surface area contributed by atoms with Crippen molar-refractivity contribution in [3.63, 3.8) is 0 Å². The summed E-state index contributed by atoms with van der Waals surface area (Å²) in [5.41, 5.74) is 5.18. The number of nitrogens with two attached hydrogens (primary N) is 1. The van der Waals surface area contributed by atoms with E-state index in [-0.39, 0.29) is 18.4 Å². The van der Waals surface area contributed by atoms with Crippen LogP contribution in [0.2, 0.25) is 5.02 Å². The highest BCUT2D eigenvalue weighted by Crippen LogP contribution is 2.24. The van der Waals surface area contributed by atoms with Crippen LogP contribution in [-0.2, 0) is 6.54 Å². The van der Waals surface area contributed by atoms with Gasteiger partial charge in [-0.25, -0.2) is 4.99 Å². The van der Waals surface area contributed by atoms with Crippen molar-refractivity contribution in [2.45, 2.75) is 32.9 Å². The van der Waals surface area contributed by atoms with Crippen molar-refractivity contribution in [2.75, 3.05) is 13.1 Å². The number of carbonyl (C=O) groups excluding carboxylic acids is 1. The van der Waals surface area contributed by atoms with Gasteiger partial charge in [-0.1, -0.05) is 30.7 Å². The lowest BCUT2D eigenvalue weighted by Gasteiger charge is -2.20. The molecule has 1 atom stereocenters. The quantitative estimate of drug-likeness (QED) is 0.449. The fraction of sp³-hybridized carbons (Fsp3) is 0.368. The topological polar surface area (TPSA) is 102 Å². The number of hydrogen-bond acceptors (Lipinski definition) is 4. The van der Waals surface area contributed by atoms with E-state index < -0.39 is 5.91 Å². The minimum absolute atomic E-state index is 0.0705. The molecule has 1 amide bonds. The summed E-state index contributed by atoms with van der Waals surface area (Å²) in [6.45, 7) is 5.57. The largest absolute Gasteiger partial charge is 0.487 e. The number of primary amides is 1. The summed E-state index contributed by atoms with van der Waals surface area (Å²) in [4.78, 5) is 15.5. The number of rotatable bonds is 9. The molecule has 27 heavy (non-hydrogen) atoms. The first-order valence-electron chi connectivity index (χ1n) is 8.85. The third-order valence-electron chi connectivity index (χ3n) is 3.72. The van der Waals surface area contributed by atoms with Gasteiger partial charge in [0.05, 0.1) is 11.6 Å². The molecule has 146 valence electrons. The van der Waals surface area contributed by atoms with Gasteiger partial charge < -0.3 is 25.5 Å². The third kappa shape index (κ3) is 6.53. The van der Waals surface area contributed by atoms with Gasteiger partial charge in [0.15, 0.2) is 11.7 Å². The monoisotopic (exact) mass is 392 g/mol. The van der Waals surface area contributed by atoms with Gasteiger partial charge in [-0.3, -0.25) is 4.79 Å². The van der Waals surface area contributed by atoms with Crippen LogP contribution in [0.4, 0.5) is 0 Å². The minimum Gasteiger partial charge on any atom is -0.487 e. The Kier molecular flexibility index (Phi) is 8.00. The highest BCUT2D eigenvalue weighted by molar-refractivity contribution is 6.32. The number of nitrogens with one attached hydrogen (secondary N) is 2. The van der Waals surface area contributed by atoms with Crippen molar-refractivity contribution in [3.05, 3.63) is 52.9 Å². The number of halogens is 1. The Labute approximate surface area is 163 Å². The maximum absolute atomic E-state index is 11.1. The highest BCUT2D eigenvalue weighted by atomic mass is 35.5. The van der Waals surface area contributed by atoms with E-state index in [2.05, 4.69) is 15.6 Å². The lowest BCUT2D eigenvalue weighted by atomic mass is 10.2. The van der Waals surface area contributed by atoms with Crippen molar-refractivity contribution in [1.29, 1.82) is 0 Å². The van der Waals surface area contributed by atoms with Gasteiger partial charge in [0.1, 0.15) is 24.2 Å². The molecular weight excluding hydrogens is 368 g/mol. The zero-order chi connectivity index (χ0) is 19.6. The smallest absolute Gasteiger partial charge is 0.284 e. The van der Waals surface area contributed by atoms with Crippen LogP contribution in [0, 0.1) is 0 Å². The van der Waals surface area contributed by atoms with Crippen molar-refractivity contribution in [2.24, 2.45) is 10.7 Å². The Bertz CT molecular complexity index is 776. The molecule has 8 heteroatoms. The molecule has 2 rings (SSSR count). The van der Waals surface area contributed by atoms with Crippen LogP contribution in [0.25, 0.3) is 0 Å². The zero-order valence-electron chi connectivity index (χ0n) is 15.5. The predicted molar refractivity (Wildman–Crippen MR) is 106 cm³/mol. The molecule has 1 unspecified atom stereocenters. The summed E-state index contributed by atoms with van der Waals surface area (Å²) in [6.07, 6.45) is 0.733. The Balaban J connectivity index is 1.94. The predicted octanol–water partition coefficient (Wildman–Crippen LogP) is 2.94. The standard InChI is InChI=1S/C19H25ClN4O3/c1-3-13(26-16-8-6-5-7-15(16)20)11-23-19(22-4-2)24-12-14-9-10-17(27-14)18(21)25/h5-10,13H,3-4,11-12H2,1-2H3,(H2,21,25)(H2,22,23,24). The fourth-order valence-corrected chi connectivity index (χ4v) is 2.47. The molecule has 0 aliphatic heterocycles. The Hall–Kier alpha value is -2.67. The maximum atomic E-state index is 11.1. The van der Waals surface area contributed by atoms with Gasteiger partial charge in [0.25, 0.3) is 5.91 Å². The van der Waals surface area contributed by atoms with E-state index in [1.807, 2.05) is 32.0 Å². The summed E-state index contributed by atoms with van der Waals surface area (Å²) in [5, 5.41) is 6.99. The summed E-state index contributed by atoms with van der Waals surface area (Å²) in [5.74, 6) is 1.36. The van der Waals surface area contributed by atoms with Gasteiger partial charge in [-0.15, -0.1) is 0 Å². The second-order valence-electron chi connectivity index (χ2n) is 5.78. The number of para-hydroxylation sites is 1. The third-order valence-corrected chi connectivity index (χ3v) is 4.04. The van der Waals surface area contributed by atoms with E-state index in [0.717, 1.165) is 6.42 Å². The molecule has 0 radical (unpaired) electrons. The average Bonchev–Trinajstić information content (AvgIpc) is 3.13. The van der Waals surface area contributed by atoms with Crippen molar-refractivity contribution in [3.8, 4) is 5.75 Å². The molecule has 0 fully saturated rings. The van der Waals surface area contributed by atoms with E-state index in [1.54, 1.807) is 12.1 Å². The number of furan rings is 1. The number of carbonyl (C=O) groups is 1. The van der Waals surface area contributed by atoms with Crippen molar-refractivity contribution in [1.82, 2.24) is 10.6 Å². The van der Waals surface area contributed by atoms with Gasteiger partial charge in [-0.2, -0.15) is 0 Å². The maximum Gasteiger partial charge on any atom is 0.284 e. The fourth-order valence-electron chi connectivity index (χ4n) is 2.29. The van der Waals surface area contributed by atoms with Crippen LogP contribution in [0.5, 0.6) is 5.75 Å². The first-order valence-corrected chi connectivity index (χ1v) is 9.23.